The van der Waals surface area contributed by atoms with E-state index in [0.717, 1.165) is 0 Å². The van der Waals surface area contributed by atoms with E-state index >= 15 is 0 Å². The summed E-state index contributed by atoms with van der Waals surface area (Å²) >= 11 is 3.09. The number of rotatable bonds is 5. The van der Waals surface area contributed by atoms with Crippen LogP contribution in [0.2, 0.25) is 0 Å². The number of halogens is 1. The largest absolute Gasteiger partial charge is 0.444 e. The van der Waals surface area contributed by atoms with Crippen LogP contribution < -0.4 is 5.32 Å². The second-order valence-corrected chi connectivity index (χ2v) is 6.42. The van der Waals surface area contributed by atoms with E-state index in [-0.39, 0.29) is 12.1 Å². The van der Waals surface area contributed by atoms with Gasteiger partial charge in [0.25, 0.3) is 5.69 Å². The molecule has 1 rings (SSSR count). The first kappa shape index (κ1) is 18.1. The number of amides is 1. The SMILES string of the molecule is CC(C)(C)OC(=O)N[C@H](CC=O)c1ccc(Br)c([N+](=O)[O-])c1. The average molecular weight is 373 g/mol. The fraction of sp³-hybridized carbons (Fsp3) is 0.429. The molecular weight excluding hydrogens is 356 g/mol. The van der Waals surface area contributed by atoms with Crippen molar-refractivity contribution in [3.8, 4) is 0 Å². The Morgan fingerprint density at radius 3 is 2.64 bits per heavy atom. The van der Waals surface area contributed by atoms with Crippen LogP contribution >= 0.6 is 15.9 Å². The van der Waals surface area contributed by atoms with Crippen LogP contribution in [-0.4, -0.2) is 22.9 Å². The molecule has 0 aliphatic heterocycles. The van der Waals surface area contributed by atoms with Gasteiger partial charge in [-0.1, -0.05) is 6.07 Å². The first-order valence-corrected chi connectivity index (χ1v) is 7.30. The third-order valence-electron chi connectivity index (χ3n) is 2.59. The zero-order valence-electron chi connectivity index (χ0n) is 12.5. The molecule has 0 bridgehead atoms. The quantitative estimate of drug-likeness (QED) is 0.484. The fourth-order valence-corrected chi connectivity index (χ4v) is 2.10. The van der Waals surface area contributed by atoms with E-state index in [1.807, 2.05) is 0 Å². The molecule has 1 aromatic carbocycles. The van der Waals surface area contributed by atoms with Gasteiger partial charge in [-0.05, 0) is 48.3 Å². The average Bonchev–Trinajstić information content (AvgIpc) is 2.36. The molecule has 1 amide bonds. The maximum absolute atomic E-state index is 11.8. The van der Waals surface area contributed by atoms with Gasteiger partial charge < -0.3 is 14.8 Å². The molecule has 1 atom stereocenters. The van der Waals surface area contributed by atoms with Gasteiger partial charge in [-0.15, -0.1) is 0 Å². The summed E-state index contributed by atoms with van der Waals surface area (Å²) in [4.78, 5) is 33.0. The predicted octanol–water partition coefficient (Wildman–Crippen LogP) is 3.51. The van der Waals surface area contributed by atoms with Crippen LogP contribution in [0, 0.1) is 10.1 Å². The maximum Gasteiger partial charge on any atom is 0.408 e. The van der Waals surface area contributed by atoms with Crippen molar-refractivity contribution < 1.29 is 19.2 Å². The topological polar surface area (TPSA) is 98.5 Å². The smallest absolute Gasteiger partial charge is 0.408 e. The summed E-state index contributed by atoms with van der Waals surface area (Å²) in [5.74, 6) is 0. The van der Waals surface area contributed by atoms with Crippen LogP contribution in [0.25, 0.3) is 0 Å². The zero-order chi connectivity index (χ0) is 16.9. The van der Waals surface area contributed by atoms with Crippen LogP contribution in [-0.2, 0) is 9.53 Å². The van der Waals surface area contributed by atoms with Crippen molar-refractivity contribution in [2.24, 2.45) is 0 Å². The van der Waals surface area contributed by atoms with Gasteiger partial charge in [-0.25, -0.2) is 4.79 Å². The third-order valence-corrected chi connectivity index (χ3v) is 3.26. The molecule has 8 heteroatoms. The molecule has 120 valence electrons. The molecule has 0 radical (unpaired) electrons. The first-order chi connectivity index (χ1) is 10.1. The number of nitrogens with zero attached hydrogens (tertiary/aromatic N) is 1. The summed E-state index contributed by atoms with van der Waals surface area (Å²) in [6.07, 6.45) is -0.0709. The van der Waals surface area contributed by atoms with Crippen molar-refractivity contribution in [2.75, 3.05) is 0 Å². The van der Waals surface area contributed by atoms with E-state index in [1.54, 1.807) is 26.8 Å². The van der Waals surface area contributed by atoms with E-state index in [4.69, 9.17) is 4.74 Å². The second-order valence-electron chi connectivity index (χ2n) is 5.57. The molecule has 1 N–H and O–H groups in total. The maximum atomic E-state index is 11.8. The van der Waals surface area contributed by atoms with Gasteiger partial charge in [0, 0.05) is 12.5 Å². The monoisotopic (exact) mass is 372 g/mol. The van der Waals surface area contributed by atoms with Crippen molar-refractivity contribution in [2.45, 2.75) is 38.8 Å². The van der Waals surface area contributed by atoms with Crippen molar-refractivity contribution in [1.82, 2.24) is 5.32 Å². The van der Waals surface area contributed by atoms with E-state index in [2.05, 4.69) is 21.2 Å². The van der Waals surface area contributed by atoms with Crippen molar-refractivity contribution >= 4 is 34.0 Å². The number of nitrogens with one attached hydrogen (secondary N) is 1. The lowest BCUT2D eigenvalue weighted by molar-refractivity contribution is -0.385. The Bertz CT molecular complexity index is 583. The highest BCUT2D eigenvalue weighted by Crippen LogP contribution is 2.29. The Kier molecular flexibility index (Phi) is 6.04. The van der Waals surface area contributed by atoms with E-state index in [0.29, 0.717) is 16.3 Å². The van der Waals surface area contributed by atoms with E-state index in [1.165, 1.54) is 12.1 Å². The Balaban J connectivity index is 3.00. The third kappa shape index (κ3) is 5.44. The minimum atomic E-state index is -0.695. The Morgan fingerprint density at radius 1 is 1.50 bits per heavy atom. The number of aldehydes is 1. The number of nitro groups is 1. The molecule has 7 nitrogen and oxygen atoms in total. The van der Waals surface area contributed by atoms with Gasteiger partial charge in [0.15, 0.2) is 0 Å². The highest BCUT2D eigenvalue weighted by atomic mass is 79.9. The first-order valence-electron chi connectivity index (χ1n) is 6.51. The molecule has 1 aromatic rings. The van der Waals surface area contributed by atoms with Crippen molar-refractivity contribution in [1.29, 1.82) is 0 Å². The molecule has 0 aliphatic rings. The molecule has 0 fully saturated rings. The number of hydrogen-bond donors (Lipinski definition) is 1. The predicted molar refractivity (Wildman–Crippen MR) is 83.6 cm³/mol. The summed E-state index contributed by atoms with van der Waals surface area (Å²) in [6.45, 7) is 5.14. The van der Waals surface area contributed by atoms with Gasteiger partial charge in [0.05, 0.1) is 15.4 Å². The minimum Gasteiger partial charge on any atom is -0.444 e. The van der Waals surface area contributed by atoms with Gasteiger partial charge in [-0.3, -0.25) is 10.1 Å². The standard InChI is InChI=1S/C14H17BrN2O5/c1-14(2,3)22-13(19)16-11(6-7-18)9-4-5-10(15)12(8-9)17(20)21/h4-5,7-8,11H,6H2,1-3H3,(H,16,19)/t11-/m1/s1. The second kappa shape index (κ2) is 7.35. The number of nitro benzene ring substituents is 1. The van der Waals surface area contributed by atoms with E-state index < -0.39 is 22.7 Å². The summed E-state index contributed by atoms with van der Waals surface area (Å²) in [7, 11) is 0. The van der Waals surface area contributed by atoms with Crippen molar-refractivity contribution in [3.63, 3.8) is 0 Å². The molecule has 22 heavy (non-hydrogen) atoms. The Hall–Kier alpha value is -1.96. The number of ether oxygens (including phenoxy) is 1. The summed E-state index contributed by atoms with van der Waals surface area (Å²) < 4.78 is 5.45. The zero-order valence-corrected chi connectivity index (χ0v) is 14.0. The van der Waals surface area contributed by atoms with Crippen molar-refractivity contribution in [3.05, 3.63) is 38.3 Å². The lowest BCUT2D eigenvalue weighted by atomic mass is 10.0. The van der Waals surface area contributed by atoms with Crippen LogP contribution in [0.5, 0.6) is 0 Å². The molecular formula is C14H17BrN2O5. The molecule has 0 unspecified atom stereocenters. The van der Waals surface area contributed by atoms with Crippen LogP contribution in [0.1, 0.15) is 38.8 Å². The van der Waals surface area contributed by atoms with Gasteiger partial charge in [0.2, 0.25) is 0 Å². The number of alkyl carbamates (subject to hydrolysis) is 1. The van der Waals surface area contributed by atoms with Crippen LogP contribution in [0.15, 0.2) is 22.7 Å². The summed E-state index contributed by atoms with van der Waals surface area (Å²) in [6, 6.07) is 3.72. The van der Waals surface area contributed by atoms with Crippen LogP contribution in [0.4, 0.5) is 10.5 Å². The van der Waals surface area contributed by atoms with Gasteiger partial charge in [0.1, 0.15) is 11.9 Å². The summed E-state index contributed by atoms with van der Waals surface area (Å²) in [5, 5.41) is 13.5. The lowest BCUT2D eigenvalue weighted by Crippen LogP contribution is -2.35. The Labute approximate surface area is 136 Å². The minimum absolute atomic E-state index is 0.0158. The van der Waals surface area contributed by atoms with E-state index in [9.17, 15) is 19.7 Å². The molecule has 0 aromatic heterocycles. The normalized spacial score (nSPS) is 12.4. The Morgan fingerprint density at radius 2 is 2.14 bits per heavy atom. The van der Waals surface area contributed by atoms with Gasteiger partial charge >= 0.3 is 6.09 Å². The number of hydrogen-bond acceptors (Lipinski definition) is 5. The highest BCUT2D eigenvalue weighted by molar-refractivity contribution is 9.10. The fourth-order valence-electron chi connectivity index (χ4n) is 1.71. The number of benzene rings is 1. The molecule has 0 saturated heterocycles. The molecule has 0 heterocycles. The number of carbonyl (C=O) groups excluding carboxylic acids is 2. The molecule has 0 spiro atoms. The lowest BCUT2D eigenvalue weighted by Gasteiger charge is -2.23. The highest BCUT2D eigenvalue weighted by Gasteiger charge is 2.22. The molecule has 0 saturated carbocycles. The summed E-state index contributed by atoms with van der Waals surface area (Å²) in [5.41, 5.74) is -0.367. The molecule has 0 aliphatic carbocycles. The number of carbonyl (C=O) groups is 2. The van der Waals surface area contributed by atoms with Gasteiger partial charge in [-0.2, -0.15) is 0 Å². The van der Waals surface area contributed by atoms with Crippen LogP contribution in [0.3, 0.4) is 0 Å².